The molecular formula is C23H27ClN8O. The van der Waals surface area contributed by atoms with Gasteiger partial charge in [0.15, 0.2) is 11.5 Å². The van der Waals surface area contributed by atoms with Gasteiger partial charge in [-0.15, -0.1) is 10.2 Å². The predicted molar refractivity (Wildman–Crippen MR) is 127 cm³/mol. The molecule has 2 atom stereocenters. The predicted octanol–water partition coefficient (Wildman–Crippen LogP) is 2.89. The van der Waals surface area contributed by atoms with Crippen LogP contribution >= 0.6 is 11.6 Å². The lowest BCUT2D eigenvalue weighted by molar-refractivity contribution is -0.128. The average Bonchev–Trinajstić information content (AvgIpc) is 3.29. The van der Waals surface area contributed by atoms with Gasteiger partial charge in [0.1, 0.15) is 5.69 Å². The minimum Gasteiger partial charge on any atom is -0.351 e. The van der Waals surface area contributed by atoms with Crippen molar-refractivity contribution >= 4 is 29.1 Å². The molecule has 0 unspecified atom stereocenters. The van der Waals surface area contributed by atoms with Gasteiger partial charge in [-0.1, -0.05) is 24.2 Å². The second-order valence-electron chi connectivity index (χ2n) is 8.57. The molecule has 3 aromatic rings. The van der Waals surface area contributed by atoms with Crippen LogP contribution in [0.4, 0.5) is 5.95 Å². The van der Waals surface area contributed by atoms with Crippen LogP contribution in [0.2, 0.25) is 5.02 Å². The van der Waals surface area contributed by atoms with Crippen LogP contribution in [0.1, 0.15) is 25.7 Å². The zero-order valence-corrected chi connectivity index (χ0v) is 19.2. The highest BCUT2D eigenvalue weighted by atomic mass is 35.5. The number of amides is 1. The van der Waals surface area contributed by atoms with E-state index in [9.17, 15) is 4.79 Å². The van der Waals surface area contributed by atoms with Gasteiger partial charge in [0.05, 0.1) is 11.2 Å². The topological polar surface area (TPSA) is 91.5 Å². The number of fused-ring (bicyclic) bond motifs is 1. The van der Waals surface area contributed by atoms with Gasteiger partial charge in [-0.05, 0) is 43.9 Å². The maximum atomic E-state index is 11.9. The van der Waals surface area contributed by atoms with Crippen LogP contribution in [0.25, 0.3) is 17.2 Å². The van der Waals surface area contributed by atoms with E-state index in [2.05, 4.69) is 32.0 Å². The second kappa shape index (κ2) is 9.44. The number of nitrogens with zero attached hydrogens (tertiary/aromatic N) is 7. The molecule has 0 spiro atoms. The summed E-state index contributed by atoms with van der Waals surface area (Å²) < 4.78 is 1.87. The Hall–Kier alpha value is -3.04. The number of hydrogen-bond acceptors (Lipinski definition) is 7. The smallest absolute Gasteiger partial charge is 0.246 e. The first-order valence-electron chi connectivity index (χ1n) is 11.4. The third-order valence-corrected chi connectivity index (χ3v) is 6.84. The van der Waals surface area contributed by atoms with E-state index in [4.69, 9.17) is 16.6 Å². The van der Waals surface area contributed by atoms with Crippen molar-refractivity contribution in [2.24, 2.45) is 0 Å². The van der Waals surface area contributed by atoms with E-state index in [0.29, 0.717) is 28.5 Å². The van der Waals surface area contributed by atoms with Crippen molar-refractivity contribution in [3.05, 3.63) is 48.3 Å². The Kier molecular flexibility index (Phi) is 6.24. The number of halogens is 1. The zero-order chi connectivity index (χ0) is 22.8. The highest BCUT2D eigenvalue weighted by molar-refractivity contribution is 6.32. The molecule has 4 heterocycles. The Labute approximate surface area is 197 Å². The van der Waals surface area contributed by atoms with Crippen molar-refractivity contribution in [1.29, 1.82) is 0 Å². The van der Waals surface area contributed by atoms with Crippen molar-refractivity contribution in [3.8, 4) is 11.5 Å². The lowest BCUT2D eigenvalue weighted by Gasteiger charge is -2.42. The van der Waals surface area contributed by atoms with Crippen molar-refractivity contribution in [2.45, 2.75) is 37.8 Å². The van der Waals surface area contributed by atoms with Gasteiger partial charge in [0.25, 0.3) is 0 Å². The summed E-state index contributed by atoms with van der Waals surface area (Å²) in [6.45, 7) is 6.92. The van der Waals surface area contributed by atoms with E-state index in [0.717, 1.165) is 51.1 Å². The Morgan fingerprint density at radius 1 is 1.18 bits per heavy atom. The van der Waals surface area contributed by atoms with Crippen LogP contribution < -0.4 is 5.32 Å². The number of carbonyl (C=O) groups is 1. The SMILES string of the molecule is C=CC(=O)N1CCN([C@H]2CCC[C@@H](Nc3ncc(Cl)c(-c4nnc5ccccn45)n3)C2)CC1. The van der Waals surface area contributed by atoms with E-state index in [-0.39, 0.29) is 11.9 Å². The summed E-state index contributed by atoms with van der Waals surface area (Å²) in [6.07, 6.45) is 9.32. The molecule has 5 rings (SSSR count). The Morgan fingerprint density at radius 3 is 2.85 bits per heavy atom. The quantitative estimate of drug-likeness (QED) is 0.578. The molecule has 1 saturated carbocycles. The van der Waals surface area contributed by atoms with Crippen molar-refractivity contribution in [1.82, 2.24) is 34.4 Å². The summed E-state index contributed by atoms with van der Waals surface area (Å²) in [4.78, 5) is 25.4. The number of piperazine rings is 1. The molecule has 33 heavy (non-hydrogen) atoms. The Morgan fingerprint density at radius 2 is 2.03 bits per heavy atom. The number of anilines is 1. The lowest BCUT2D eigenvalue weighted by Crippen LogP contribution is -2.53. The highest BCUT2D eigenvalue weighted by Crippen LogP contribution is 2.28. The summed E-state index contributed by atoms with van der Waals surface area (Å²) >= 11 is 6.43. The fraction of sp³-hybridized carbons (Fsp3) is 0.435. The van der Waals surface area contributed by atoms with Crippen LogP contribution in [0, 0.1) is 0 Å². The summed E-state index contributed by atoms with van der Waals surface area (Å²) in [6, 6.07) is 6.49. The van der Waals surface area contributed by atoms with Gasteiger partial charge >= 0.3 is 0 Å². The standard InChI is InChI=1S/C23H27ClN8O/c1-2-20(33)31-12-10-30(11-13-31)17-7-5-6-16(14-17)26-23-25-15-18(24)21(27-23)22-29-28-19-8-3-4-9-32(19)22/h2-4,8-9,15-17H,1,5-7,10-14H2,(H,25,26,27)/t16-,17+/m1/s1. The van der Waals surface area contributed by atoms with Crippen LogP contribution in [-0.2, 0) is 4.79 Å². The fourth-order valence-corrected chi connectivity index (χ4v) is 5.02. The fourth-order valence-electron chi connectivity index (χ4n) is 4.84. The second-order valence-corrected chi connectivity index (χ2v) is 8.98. The van der Waals surface area contributed by atoms with Gasteiger partial charge in [0.2, 0.25) is 11.9 Å². The first-order chi connectivity index (χ1) is 16.1. The first-order valence-corrected chi connectivity index (χ1v) is 11.7. The third kappa shape index (κ3) is 4.56. The number of carbonyl (C=O) groups excluding carboxylic acids is 1. The van der Waals surface area contributed by atoms with Crippen LogP contribution in [0.15, 0.2) is 43.2 Å². The van der Waals surface area contributed by atoms with E-state index < -0.39 is 0 Å². The zero-order valence-electron chi connectivity index (χ0n) is 18.4. The molecule has 1 aliphatic heterocycles. The van der Waals surface area contributed by atoms with Crippen LogP contribution in [0.5, 0.6) is 0 Å². The Bertz CT molecular complexity index is 1160. The average molecular weight is 467 g/mol. The molecule has 172 valence electrons. The molecule has 1 amide bonds. The molecule has 9 nitrogen and oxygen atoms in total. The monoisotopic (exact) mass is 466 g/mol. The molecular weight excluding hydrogens is 440 g/mol. The van der Waals surface area contributed by atoms with Gasteiger partial charge in [0, 0.05) is 44.5 Å². The van der Waals surface area contributed by atoms with E-state index in [1.54, 1.807) is 6.20 Å². The number of hydrogen-bond donors (Lipinski definition) is 1. The number of nitrogens with one attached hydrogen (secondary N) is 1. The van der Waals surface area contributed by atoms with Gasteiger partial charge in [-0.25, -0.2) is 9.97 Å². The van der Waals surface area contributed by atoms with Crippen LogP contribution in [0.3, 0.4) is 0 Å². The number of pyridine rings is 1. The highest BCUT2D eigenvalue weighted by Gasteiger charge is 2.30. The third-order valence-electron chi connectivity index (χ3n) is 6.57. The largest absolute Gasteiger partial charge is 0.351 e. The van der Waals surface area contributed by atoms with Crippen molar-refractivity contribution < 1.29 is 4.79 Å². The summed E-state index contributed by atoms with van der Waals surface area (Å²) in [5.74, 6) is 1.16. The molecule has 3 aromatic heterocycles. The minimum absolute atomic E-state index is 0.0222. The van der Waals surface area contributed by atoms with Crippen molar-refractivity contribution in [2.75, 3.05) is 31.5 Å². The van der Waals surface area contributed by atoms with Gasteiger partial charge in [-0.2, -0.15) is 0 Å². The molecule has 1 saturated heterocycles. The maximum absolute atomic E-state index is 11.9. The molecule has 0 bridgehead atoms. The van der Waals surface area contributed by atoms with Gasteiger partial charge < -0.3 is 10.2 Å². The molecule has 10 heteroatoms. The lowest BCUT2D eigenvalue weighted by atomic mass is 9.89. The summed E-state index contributed by atoms with van der Waals surface area (Å²) in [5, 5.41) is 12.4. The summed E-state index contributed by atoms with van der Waals surface area (Å²) in [7, 11) is 0. The molecule has 1 aliphatic carbocycles. The molecule has 2 fully saturated rings. The number of rotatable bonds is 5. The Balaban J connectivity index is 1.27. The van der Waals surface area contributed by atoms with Gasteiger partial charge in [-0.3, -0.25) is 14.1 Å². The van der Waals surface area contributed by atoms with E-state index >= 15 is 0 Å². The molecule has 0 radical (unpaired) electrons. The number of aromatic nitrogens is 5. The molecule has 1 N–H and O–H groups in total. The maximum Gasteiger partial charge on any atom is 0.246 e. The normalized spacial score (nSPS) is 21.8. The van der Waals surface area contributed by atoms with Crippen molar-refractivity contribution in [3.63, 3.8) is 0 Å². The van der Waals surface area contributed by atoms with E-state index in [1.807, 2.05) is 33.7 Å². The molecule has 0 aromatic carbocycles. The van der Waals surface area contributed by atoms with E-state index in [1.165, 1.54) is 12.5 Å². The summed E-state index contributed by atoms with van der Waals surface area (Å²) in [5.41, 5.74) is 1.30. The minimum atomic E-state index is 0.0222. The molecule has 2 aliphatic rings. The van der Waals surface area contributed by atoms with Crippen LogP contribution in [-0.4, -0.2) is 78.5 Å². The first kappa shape index (κ1) is 21.8.